The molecule has 2 aromatic rings. The van der Waals surface area contributed by atoms with Gasteiger partial charge >= 0.3 is 5.97 Å². The second-order valence-corrected chi connectivity index (χ2v) is 25.4. The van der Waals surface area contributed by atoms with Gasteiger partial charge in [0.2, 0.25) is 47.3 Å². The van der Waals surface area contributed by atoms with Crippen LogP contribution in [0.15, 0.2) is 17.2 Å². The van der Waals surface area contributed by atoms with Crippen LogP contribution in [0.1, 0.15) is 134 Å². The molecule has 2 bridgehead atoms. The SMILES string of the molecule is CC[C@H](C)[C@@H]1CCCC(=O)CNC(=O)[C@@H]2CCC(=O)[C@H]([C@@H](C)[C@@H](O)CO)NC(=O)[C@@H]3C[C@@H](O)CN3C(=O)[C@H](CC(N)=O)NC(=O)[C@@H](CS(=O)c3[nH]c4c(CSCCCCNC(=O)CCCC(=O)ON5C(=O)CCC5=O)c(OC)ccc4c32)NC(=O)CNC1=O. The van der Waals surface area contributed by atoms with Gasteiger partial charge in [-0.1, -0.05) is 27.2 Å². The Morgan fingerprint density at radius 1 is 0.876 bits per heavy atom. The molecule has 1 unspecified atom stereocenters. The van der Waals surface area contributed by atoms with E-state index >= 15 is 9.00 Å². The smallest absolute Gasteiger partial charge is 0.333 e. The molecule has 4 aliphatic heterocycles. The minimum absolute atomic E-state index is 0.0185. The van der Waals surface area contributed by atoms with E-state index < -0.39 is 193 Å². The minimum Gasteiger partial charge on any atom is -0.496 e. The number of H-pyrrole nitrogens is 1. The van der Waals surface area contributed by atoms with Crippen LogP contribution in [0.25, 0.3) is 10.9 Å². The fourth-order valence-corrected chi connectivity index (χ4v) is 13.6. The number of aliphatic hydroxyl groups is 3. The maximum Gasteiger partial charge on any atom is 0.333 e. The van der Waals surface area contributed by atoms with Crippen LogP contribution in [0.3, 0.4) is 0 Å². The number of hydrogen-bond acceptors (Lipinski definition) is 20. The zero-order valence-corrected chi connectivity index (χ0v) is 52.0. The van der Waals surface area contributed by atoms with Crippen molar-refractivity contribution in [3.63, 3.8) is 0 Å². The normalized spacial score (nSPS) is 25.1. The lowest BCUT2D eigenvalue weighted by atomic mass is 9.86. The van der Waals surface area contributed by atoms with E-state index in [-0.39, 0.29) is 91.5 Å². The first kappa shape index (κ1) is 70.7. The van der Waals surface area contributed by atoms with E-state index in [9.17, 15) is 72.9 Å². The van der Waals surface area contributed by atoms with Gasteiger partial charge in [0.1, 0.15) is 28.9 Å². The molecule has 10 amide bonds. The van der Waals surface area contributed by atoms with Crippen molar-refractivity contribution in [2.75, 3.05) is 51.4 Å². The number of unbranched alkanes of at least 4 members (excludes halogenated alkanes) is 1. The number of carbonyl (C=O) groups is 13. The lowest BCUT2D eigenvalue weighted by Crippen LogP contribution is -2.60. The lowest BCUT2D eigenvalue weighted by Gasteiger charge is -2.32. The summed E-state index contributed by atoms with van der Waals surface area (Å²) in [5.74, 6) is -13.6. The molecular formula is C58H82N10O19S2. The number of hydrogen-bond donors (Lipinski definition) is 11. The highest BCUT2D eigenvalue weighted by Gasteiger charge is 2.45. The molecule has 12 N–H and O–H groups in total. The summed E-state index contributed by atoms with van der Waals surface area (Å²) >= 11 is 1.45. The summed E-state index contributed by atoms with van der Waals surface area (Å²) in [7, 11) is -1.09. The average molecular weight is 1290 g/mol. The number of Topliss-reactive ketones (excluding diaryl/α,β-unsaturated/α-hetero) is 2. The molecule has 0 aliphatic carbocycles. The van der Waals surface area contributed by atoms with Gasteiger partial charge in [-0.05, 0) is 62.3 Å². The van der Waals surface area contributed by atoms with E-state index in [1.165, 1.54) is 25.8 Å². The van der Waals surface area contributed by atoms with Gasteiger partial charge in [0.25, 0.3) is 11.8 Å². The molecule has 2 fully saturated rings. The fourth-order valence-electron chi connectivity index (χ4n) is 11.2. The molecule has 490 valence electrons. The second kappa shape index (κ2) is 33.5. The molecule has 0 saturated carbocycles. The number of nitrogens with zero attached hydrogens (tertiary/aromatic N) is 2. The number of amides is 10. The summed E-state index contributed by atoms with van der Waals surface area (Å²) in [6, 6.07) is -3.73. The number of rotatable bonds is 20. The zero-order chi connectivity index (χ0) is 65.2. The zero-order valence-electron chi connectivity index (χ0n) is 50.4. The molecule has 11 atom stereocenters. The molecule has 29 nitrogen and oxygen atoms in total. The van der Waals surface area contributed by atoms with Crippen molar-refractivity contribution >= 4 is 110 Å². The highest BCUT2D eigenvalue weighted by atomic mass is 32.2. The van der Waals surface area contributed by atoms with Crippen molar-refractivity contribution in [3.05, 3.63) is 23.3 Å². The topological polar surface area (TPSA) is 439 Å². The third-order valence-electron chi connectivity index (χ3n) is 16.4. The van der Waals surface area contributed by atoms with Gasteiger partial charge in [0, 0.05) is 92.1 Å². The molecule has 31 heteroatoms. The Labute approximate surface area is 520 Å². The molecule has 4 aliphatic rings. The van der Waals surface area contributed by atoms with Crippen molar-refractivity contribution in [2.24, 2.45) is 23.5 Å². The van der Waals surface area contributed by atoms with E-state index in [1.807, 2.05) is 13.8 Å². The van der Waals surface area contributed by atoms with E-state index in [4.69, 9.17) is 15.3 Å². The Hall–Kier alpha value is -7.35. The van der Waals surface area contributed by atoms with Crippen LogP contribution in [0, 0.1) is 17.8 Å². The van der Waals surface area contributed by atoms with Crippen LogP contribution in [0.5, 0.6) is 5.75 Å². The molecule has 5 heterocycles. The van der Waals surface area contributed by atoms with Gasteiger partial charge in [0.05, 0.1) is 79.5 Å². The molecule has 1 aromatic carbocycles. The number of ketones is 2. The van der Waals surface area contributed by atoms with Crippen LogP contribution in [-0.2, 0) is 83.7 Å². The number of methoxy groups -OCH3 is 1. The summed E-state index contributed by atoms with van der Waals surface area (Å²) in [5.41, 5.74) is 6.44. The van der Waals surface area contributed by atoms with Crippen LogP contribution in [0.2, 0.25) is 0 Å². The van der Waals surface area contributed by atoms with Gasteiger partial charge < -0.3 is 72.4 Å². The molecule has 89 heavy (non-hydrogen) atoms. The Morgan fingerprint density at radius 2 is 1.60 bits per heavy atom. The number of imide groups is 1. The van der Waals surface area contributed by atoms with Crippen molar-refractivity contribution in [1.82, 2.24) is 46.8 Å². The highest BCUT2D eigenvalue weighted by molar-refractivity contribution is 7.98. The molecule has 0 radical (unpaired) electrons. The van der Waals surface area contributed by atoms with Crippen molar-refractivity contribution in [1.29, 1.82) is 0 Å². The van der Waals surface area contributed by atoms with E-state index in [0.717, 1.165) is 4.90 Å². The maximum absolute atomic E-state index is 15.5. The number of fused-ring (bicyclic) bond motifs is 4. The average Bonchev–Trinajstić information content (AvgIpc) is 2.31. The number of primary amides is 1. The summed E-state index contributed by atoms with van der Waals surface area (Å²) < 4.78 is 21.3. The Balaban J connectivity index is 1.39. The van der Waals surface area contributed by atoms with Crippen LogP contribution in [-0.4, -0.2) is 199 Å². The predicted octanol–water partition coefficient (Wildman–Crippen LogP) is -1.43. The number of carbonyl (C=O) groups excluding carboxylic acids is 13. The van der Waals surface area contributed by atoms with Crippen LogP contribution < -0.4 is 42.4 Å². The highest BCUT2D eigenvalue weighted by Crippen LogP contribution is 2.40. The summed E-state index contributed by atoms with van der Waals surface area (Å²) in [5, 5.41) is 48.1. The number of thioether (sulfide) groups is 1. The third kappa shape index (κ3) is 19.1. The fraction of sp³-hybridized carbons (Fsp3) is 0.638. The Morgan fingerprint density at radius 3 is 2.28 bits per heavy atom. The van der Waals surface area contributed by atoms with Crippen molar-refractivity contribution in [3.8, 4) is 5.75 Å². The standard InChI is InChI=1S/C58H82N10O19S2/c1-5-30(2)34-11-8-10-32(70)24-61-54(81)36-14-16-41(72)51(31(3)42(73)27-69)65-56(83)40-22-33(71)26-67(40)58(84)38(23-44(59)74)64-55(82)39(63-46(76)25-62-53(34)80)29-89(85)57-50(36)35-15-17-43(86-4)37(52(35)66-57)28-88-21-7-6-20-60-45(75)12-9-13-49(79)87-68-47(77)18-19-48(68)78/h15,17,30-31,33-34,36,38-40,42,51,66,69,71,73H,5-14,16,18-29H2,1-4H3,(H2,59,74)(H,60,75)(H,61,81)(H,62,80)(H,63,76)(H,64,82)(H,65,83)/t30-,31-,33+,34-,36+,38-,39+,40-,42-,51-,89?/m0/s1. The number of aromatic amines is 1. The first-order chi connectivity index (χ1) is 42.4. The number of aromatic nitrogens is 1. The molecule has 2 saturated heterocycles. The first-order valence-electron chi connectivity index (χ1n) is 29.9. The minimum atomic E-state index is -2.50. The van der Waals surface area contributed by atoms with Crippen LogP contribution in [0.4, 0.5) is 0 Å². The number of aliphatic hydroxyl groups excluding tert-OH is 3. The van der Waals surface area contributed by atoms with Gasteiger partial charge in [-0.3, -0.25) is 61.7 Å². The number of nitrogens with one attached hydrogen (secondary N) is 7. The van der Waals surface area contributed by atoms with Gasteiger partial charge in [-0.25, -0.2) is 4.79 Å². The molecule has 0 spiro atoms. The van der Waals surface area contributed by atoms with Crippen LogP contribution >= 0.6 is 11.8 Å². The number of hydroxylamine groups is 2. The quantitative estimate of drug-likeness (QED) is 0.0534. The maximum atomic E-state index is 15.5. The second-order valence-electron chi connectivity index (χ2n) is 22.8. The predicted molar refractivity (Wildman–Crippen MR) is 318 cm³/mol. The number of benzene rings is 1. The number of ether oxygens (including phenoxy) is 1. The van der Waals surface area contributed by atoms with Crippen molar-refractivity contribution in [2.45, 2.75) is 170 Å². The summed E-state index contributed by atoms with van der Waals surface area (Å²) in [6.45, 7) is 2.78. The van der Waals surface area contributed by atoms with Gasteiger partial charge in [-0.15, -0.1) is 5.06 Å². The first-order valence-corrected chi connectivity index (χ1v) is 32.4. The van der Waals surface area contributed by atoms with E-state index in [2.05, 4.69) is 36.9 Å². The monoisotopic (exact) mass is 1290 g/mol. The molecule has 1 aromatic heterocycles. The largest absolute Gasteiger partial charge is 0.496 e. The number of nitrogens with two attached hydrogens (primary N) is 1. The van der Waals surface area contributed by atoms with Gasteiger partial charge in [-0.2, -0.15) is 11.8 Å². The summed E-state index contributed by atoms with van der Waals surface area (Å²) in [4.78, 5) is 185. The summed E-state index contributed by atoms with van der Waals surface area (Å²) in [6.07, 6.45) is -3.39. The Bertz CT molecular complexity index is 3020. The Kier molecular flexibility index (Phi) is 26.6. The molecular weight excluding hydrogens is 1200 g/mol. The lowest BCUT2D eigenvalue weighted by molar-refractivity contribution is -0.197. The van der Waals surface area contributed by atoms with Gasteiger partial charge in [0.15, 0.2) is 11.6 Å². The van der Waals surface area contributed by atoms with E-state index in [0.29, 0.717) is 46.9 Å². The molecule has 6 rings (SSSR count). The van der Waals surface area contributed by atoms with E-state index in [1.54, 1.807) is 12.1 Å². The third-order valence-corrected chi connectivity index (χ3v) is 18.9. The van der Waals surface area contributed by atoms with Crippen molar-refractivity contribution < 1.29 is 91.4 Å².